The molecule has 8 heteroatoms. The van der Waals surface area contributed by atoms with Gasteiger partial charge in [-0.2, -0.15) is 0 Å². The second kappa shape index (κ2) is 10.6. The van der Waals surface area contributed by atoms with Gasteiger partial charge in [-0.25, -0.2) is 4.39 Å². The van der Waals surface area contributed by atoms with Gasteiger partial charge in [0.05, 0.1) is 23.7 Å². The number of nitrogens with one attached hydrogen (secondary N) is 1. The first-order valence-corrected chi connectivity index (χ1v) is 10.7. The summed E-state index contributed by atoms with van der Waals surface area (Å²) in [7, 11) is 1.63. The zero-order valence-corrected chi connectivity index (χ0v) is 18.5. The summed E-state index contributed by atoms with van der Waals surface area (Å²) in [6, 6.07) is 11.3. The smallest absolute Gasteiger partial charge is 0.255 e. The van der Waals surface area contributed by atoms with E-state index in [-0.39, 0.29) is 22.9 Å². The molecule has 2 amide bonds. The molecule has 1 aliphatic rings. The predicted molar refractivity (Wildman–Crippen MR) is 118 cm³/mol. The van der Waals surface area contributed by atoms with Crippen LogP contribution in [0.3, 0.4) is 0 Å². The minimum atomic E-state index is -0.474. The molecule has 0 aliphatic carbocycles. The van der Waals surface area contributed by atoms with E-state index in [1.165, 1.54) is 12.1 Å². The number of benzene rings is 2. The monoisotopic (exact) mass is 447 g/mol. The highest BCUT2D eigenvalue weighted by Crippen LogP contribution is 2.20. The number of halogens is 2. The molecule has 31 heavy (non-hydrogen) atoms. The van der Waals surface area contributed by atoms with Gasteiger partial charge < -0.3 is 15.0 Å². The summed E-state index contributed by atoms with van der Waals surface area (Å²) in [6.07, 6.45) is 0.739. The van der Waals surface area contributed by atoms with E-state index in [2.05, 4.69) is 10.2 Å². The van der Waals surface area contributed by atoms with Gasteiger partial charge in [-0.1, -0.05) is 23.7 Å². The Morgan fingerprint density at radius 2 is 1.81 bits per heavy atom. The topological polar surface area (TPSA) is 61.9 Å². The van der Waals surface area contributed by atoms with Gasteiger partial charge in [-0.05, 0) is 49.2 Å². The van der Waals surface area contributed by atoms with Crippen LogP contribution >= 0.6 is 11.6 Å². The maximum atomic E-state index is 13.2. The van der Waals surface area contributed by atoms with E-state index < -0.39 is 5.82 Å². The molecule has 1 atom stereocenters. The largest absolute Gasteiger partial charge is 0.497 e. The van der Waals surface area contributed by atoms with Crippen LogP contribution in [-0.4, -0.2) is 67.5 Å². The highest BCUT2D eigenvalue weighted by molar-refractivity contribution is 6.33. The van der Waals surface area contributed by atoms with Crippen LogP contribution in [0.4, 0.5) is 4.39 Å². The molecule has 6 nitrogen and oxygen atoms in total. The van der Waals surface area contributed by atoms with Gasteiger partial charge in [0.25, 0.3) is 5.91 Å². The summed E-state index contributed by atoms with van der Waals surface area (Å²) in [6.45, 7) is 4.55. The van der Waals surface area contributed by atoms with Crippen molar-refractivity contribution in [2.45, 2.75) is 19.4 Å². The summed E-state index contributed by atoms with van der Waals surface area (Å²) in [5, 5.41) is 3.09. The van der Waals surface area contributed by atoms with Crippen molar-refractivity contribution in [1.29, 1.82) is 0 Å². The Kier molecular flexibility index (Phi) is 7.87. The van der Waals surface area contributed by atoms with Crippen LogP contribution in [0, 0.1) is 5.82 Å². The number of carbonyl (C=O) groups excluding carboxylic acids is 2. The standard InChI is InChI=1S/C23H27ClFN3O3/c1-16(22(29)26-10-9-17-3-6-19(31-2)7-4-17)27-11-13-28(14-12-27)23(30)20-8-5-18(25)15-21(20)24/h3-8,15-16H,9-14H2,1-2H3,(H,26,29). The molecule has 1 N–H and O–H groups in total. The van der Waals surface area contributed by atoms with E-state index in [0.29, 0.717) is 38.3 Å². The molecule has 1 heterocycles. The second-order valence-electron chi connectivity index (χ2n) is 7.52. The second-order valence-corrected chi connectivity index (χ2v) is 7.92. The van der Waals surface area contributed by atoms with Crippen LogP contribution < -0.4 is 10.1 Å². The third-order valence-corrected chi connectivity index (χ3v) is 5.87. The number of hydrogen-bond acceptors (Lipinski definition) is 4. The third kappa shape index (κ3) is 5.95. The Balaban J connectivity index is 1.44. The molecule has 166 valence electrons. The molecular weight excluding hydrogens is 421 g/mol. The van der Waals surface area contributed by atoms with E-state index in [1.54, 1.807) is 12.0 Å². The fourth-order valence-corrected chi connectivity index (χ4v) is 3.83. The first kappa shape index (κ1) is 23.0. The molecule has 2 aromatic rings. The Labute approximate surface area is 186 Å². The van der Waals surface area contributed by atoms with Crippen LogP contribution in [0.1, 0.15) is 22.8 Å². The van der Waals surface area contributed by atoms with E-state index in [0.717, 1.165) is 23.8 Å². The van der Waals surface area contributed by atoms with Gasteiger partial charge >= 0.3 is 0 Å². The SMILES string of the molecule is COc1ccc(CCNC(=O)C(C)N2CCN(C(=O)c3ccc(F)cc3Cl)CC2)cc1. The van der Waals surface area contributed by atoms with E-state index in [9.17, 15) is 14.0 Å². The highest BCUT2D eigenvalue weighted by atomic mass is 35.5. The first-order valence-electron chi connectivity index (χ1n) is 10.3. The lowest BCUT2D eigenvalue weighted by molar-refractivity contribution is -0.126. The third-order valence-electron chi connectivity index (χ3n) is 5.56. The van der Waals surface area contributed by atoms with Crippen LogP contribution in [-0.2, 0) is 11.2 Å². The van der Waals surface area contributed by atoms with Crippen LogP contribution in [0.2, 0.25) is 5.02 Å². The first-order chi connectivity index (χ1) is 14.9. The average molecular weight is 448 g/mol. The predicted octanol–water partition coefficient (Wildman–Crippen LogP) is 2.99. The zero-order chi connectivity index (χ0) is 22.4. The molecule has 0 saturated carbocycles. The summed E-state index contributed by atoms with van der Waals surface area (Å²) in [5.74, 6) is 0.0787. The number of nitrogens with zero attached hydrogens (tertiary/aromatic N) is 2. The maximum absolute atomic E-state index is 13.2. The van der Waals surface area contributed by atoms with Gasteiger partial charge in [-0.15, -0.1) is 0 Å². The molecule has 2 aromatic carbocycles. The number of methoxy groups -OCH3 is 1. The summed E-state index contributed by atoms with van der Waals surface area (Å²) < 4.78 is 18.4. The molecule has 1 saturated heterocycles. The van der Waals surface area contributed by atoms with E-state index >= 15 is 0 Å². The van der Waals surface area contributed by atoms with Crippen LogP contribution in [0.5, 0.6) is 5.75 Å². The Hall–Kier alpha value is -2.64. The molecule has 0 radical (unpaired) electrons. The van der Waals surface area contributed by atoms with Crippen molar-refractivity contribution in [2.75, 3.05) is 39.8 Å². The van der Waals surface area contributed by atoms with Crippen molar-refractivity contribution < 1.29 is 18.7 Å². The van der Waals surface area contributed by atoms with Gasteiger partial charge in [0, 0.05) is 32.7 Å². The molecule has 1 aliphatic heterocycles. The van der Waals surface area contributed by atoms with Crippen molar-refractivity contribution in [3.05, 3.63) is 64.4 Å². The molecule has 0 bridgehead atoms. The van der Waals surface area contributed by atoms with Crippen molar-refractivity contribution in [1.82, 2.24) is 15.1 Å². The average Bonchev–Trinajstić information content (AvgIpc) is 2.78. The fourth-order valence-electron chi connectivity index (χ4n) is 3.58. The Bertz CT molecular complexity index is 915. The van der Waals surface area contributed by atoms with Crippen LogP contribution in [0.25, 0.3) is 0 Å². The number of piperazine rings is 1. The van der Waals surface area contributed by atoms with E-state index in [4.69, 9.17) is 16.3 Å². The van der Waals surface area contributed by atoms with Crippen molar-refractivity contribution >= 4 is 23.4 Å². The molecular formula is C23H27ClFN3O3. The summed E-state index contributed by atoms with van der Waals surface area (Å²) in [5.41, 5.74) is 1.42. The van der Waals surface area contributed by atoms with Gasteiger partial charge in [0.2, 0.25) is 5.91 Å². The highest BCUT2D eigenvalue weighted by Gasteiger charge is 2.28. The lowest BCUT2D eigenvalue weighted by Crippen LogP contribution is -2.55. The quantitative estimate of drug-likeness (QED) is 0.708. The normalized spacial score (nSPS) is 15.4. The van der Waals surface area contributed by atoms with Crippen molar-refractivity contribution in [3.8, 4) is 5.75 Å². The number of amides is 2. The molecule has 1 unspecified atom stereocenters. The Morgan fingerprint density at radius 1 is 1.13 bits per heavy atom. The van der Waals surface area contributed by atoms with Crippen LogP contribution in [0.15, 0.2) is 42.5 Å². The summed E-state index contributed by atoms with van der Waals surface area (Å²) >= 11 is 6.02. The molecule has 1 fully saturated rings. The number of hydrogen-bond donors (Lipinski definition) is 1. The number of ether oxygens (including phenoxy) is 1. The van der Waals surface area contributed by atoms with Crippen molar-refractivity contribution in [3.63, 3.8) is 0 Å². The Morgan fingerprint density at radius 3 is 2.42 bits per heavy atom. The number of carbonyl (C=O) groups is 2. The lowest BCUT2D eigenvalue weighted by Gasteiger charge is -2.37. The van der Waals surface area contributed by atoms with Gasteiger partial charge in [0.1, 0.15) is 11.6 Å². The lowest BCUT2D eigenvalue weighted by atomic mass is 10.1. The minimum Gasteiger partial charge on any atom is -0.497 e. The van der Waals surface area contributed by atoms with E-state index in [1.807, 2.05) is 31.2 Å². The van der Waals surface area contributed by atoms with Crippen molar-refractivity contribution in [2.24, 2.45) is 0 Å². The number of rotatable bonds is 7. The molecule has 0 spiro atoms. The maximum Gasteiger partial charge on any atom is 0.255 e. The molecule has 0 aromatic heterocycles. The minimum absolute atomic E-state index is 0.0325. The summed E-state index contributed by atoms with van der Waals surface area (Å²) in [4.78, 5) is 29.0. The fraction of sp³-hybridized carbons (Fsp3) is 0.391. The molecule has 3 rings (SSSR count). The zero-order valence-electron chi connectivity index (χ0n) is 17.7. The van der Waals surface area contributed by atoms with Gasteiger partial charge in [-0.3, -0.25) is 14.5 Å². The van der Waals surface area contributed by atoms with Gasteiger partial charge in [0.15, 0.2) is 0 Å².